The van der Waals surface area contributed by atoms with Crippen molar-refractivity contribution in [3.05, 3.63) is 28.2 Å². The highest BCUT2D eigenvalue weighted by Crippen LogP contribution is 2.54. The Bertz CT molecular complexity index is 356. The number of hydrogen-bond acceptors (Lipinski definition) is 2. The van der Waals surface area contributed by atoms with E-state index in [2.05, 4.69) is 15.9 Å². The molecule has 0 heterocycles. The molecule has 3 heteroatoms. The molecule has 1 fully saturated rings. The van der Waals surface area contributed by atoms with Crippen LogP contribution in [0.4, 0.5) is 0 Å². The summed E-state index contributed by atoms with van der Waals surface area (Å²) in [7, 11) is 0. The van der Waals surface area contributed by atoms with Crippen molar-refractivity contribution in [2.75, 3.05) is 0 Å². The monoisotopic (exact) mass is 256 g/mol. The minimum Gasteiger partial charge on any atom is -0.506 e. The van der Waals surface area contributed by atoms with Crippen LogP contribution in [0.5, 0.6) is 5.75 Å². The number of phenols is 1. The highest BCUT2D eigenvalue weighted by molar-refractivity contribution is 9.10. The average molecular weight is 257 g/mol. The van der Waals surface area contributed by atoms with Crippen molar-refractivity contribution in [2.45, 2.75) is 31.3 Å². The largest absolute Gasteiger partial charge is 0.506 e. The van der Waals surface area contributed by atoms with E-state index in [-0.39, 0.29) is 11.2 Å². The Morgan fingerprint density at radius 3 is 2.57 bits per heavy atom. The third-order valence-electron chi connectivity index (χ3n) is 3.11. The van der Waals surface area contributed by atoms with E-state index in [9.17, 15) is 10.2 Å². The zero-order valence-electron chi connectivity index (χ0n) is 8.00. The lowest BCUT2D eigenvalue weighted by Gasteiger charge is -2.20. The van der Waals surface area contributed by atoms with Gasteiger partial charge in [-0.15, -0.1) is 0 Å². The standard InChI is InChI=1S/C11H13BrO2/c1-7(13)11(5-6-11)8-3-2-4-9(12)10(8)14/h2-4,7,13-14H,5-6H2,1H3. The molecule has 1 aliphatic carbocycles. The van der Waals surface area contributed by atoms with Crippen molar-refractivity contribution in [3.63, 3.8) is 0 Å². The summed E-state index contributed by atoms with van der Waals surface area (Å²) in [5, 5.41) is 19.5. The van der Waals surface area contributed by atoms with E-state index in [1.54, 1.807) is 13.0 Å². The molecule has 0 radical (unpaired) electrons. The van der Waals surface area contributed by atoms with E-state index in [1.165, 1.54) is 0 Å². The lowest BCUT2D eigenvalue weighted by atomic mass is 9.90. The van der Waals surface area contributed by atoms with E-state index in [0.29, 0.717) is 4.47 Å². The second kappa shape index (κ2) is 3.24. The Labute approximate surface area is 91.7 Å². The predicted molar refractivity (Wildman–Crippen MR) is 58.4 cm³/mol. The van der Waals surface area contributed by atoms with Crippen LogP contribution in [0.3, 0.4) is 0 Å². The van der Waals surface area contributed by atoms with E-state index in [4.69, 9.17) is 0 Å². The Hall–Kier alpha value is -0.540. The minimum atomic E-state index is -0.400. The van der Waals surface area contributed by atoms with Gasteiger partial charge in [-0.05, 0) is 41.8 Å². The zero-order chi connectivity index (χ0) is 10.3. The Morgan fingerprint density at radius 2 is 2.07 bits per heavy atom. The molecule has 2 N–H and O–H groups in total. The van der Waals surface area contributed by atoms with Gasteiger partial charge in [-0.1, -0.05) is 12.1 Å². The maximum Gasteiger partial charge on any atom is 0.133 e. The van der Waals surface area contributed by atoms with Gasteiger partial charge in [-0.3, -0.25) is 0 Å². The van der Waals surface area contributed by atoms with Crippen molar-refractivity contribution in [1.29, 1.82) is 0 Å². The highest BCUT2D eigenvalue weighted by Gasteiger charge is 2.50. The van der Waals surface area contributed by atoms with Gasteiger partial charge in [0.25, 0.3) is 0 Å². The number of phenolic OH excluding ortho intramolecular Hbond substituents is 1. The molecule has 0 bridgehead atoms. The number of para-hydroxylation sites is 1. The Morgan fingerprint density at radius 1 is 1.43 bits per heavy atom. The van der Waals surface area contributed by atoms with Crippen molar-refractivity contribution >= 4 is 15.9 Å². The SMILES string of the molecule is CC(O)C1(c2cccc(Br)c2O)CC1. The first-order chi connectivity index (χ1) is 6.58. The van der Waals surface area contributed by atoms with Crippen LogP contribution in [0.15, 0.2) is 22.7 Å². The third-order valence-corrected chi connectivity index (χ3v) is 3.75. The summed E-state index contributed by atoms with van der Waals surface area (Å²) in [6.07, 6.45) is 1.51. The number of hydrogen-bond donors (Lipinski definition) is 2. The van der Waals surface area contributed by atoms with Crippen LogP contribution in [-0.2, 0) is 5.41 Å². The van der Waals surface area contributed by atoms with Crippen LogP contribution in [0.25, 0.3) is 0 Å². The first-order valence-corrected chi connectivity index (χ1v) is 5.53. The van der Waals surface area contributed by atoms with Gasteiger partial charge >= 0.3 is 0 Å². The van der Waals surface area contributed by atoms with Gasteiger partial charge in [-0.2, -0.15) is 0 Å². The van der Waals surface area contributed by atoms with Crippen molar-refractivity contribution < 1.29 is 10.2 Å². The number of rotatable bonds is 2. The van der Waals surface area contributed by atoms with E-state index < -0.39 is 6.10 Å². The Balaban J connectivity index is 2.47. The van der Waals surface area contributed by atoms with Gasteiger partial charge < -0.3 is 10.2 Å². The van der Waals surface area contributed by atoms with E-state index in [1.807, 2.05) is 12.1 Å². The normalized spacial score (nSPS) is 20.5. The predicted octanol–water partition coefficient (Wildman–Crippen LogP) is 2.57. The molecular formula is C11H13BrO2. The number of aromatic hydroxyl groups is 1. The average Bonchev–Trinajstić information content (AvgIpc) is 2.90. The van der Waals surface area contributed by atoms with Gasteiger partial charge in [0.2, 0.25) is 0 Å². The topological polar surface area (TPSA) is 40.5 Å². The van der Waals surface area contributed by atoms with Crippen LogP contribution in [0.1, 0.15) is 25.3 Å². The van der Waals surface area contributed by atoms with E-state index in [0.717, 1.165) is 18.4 Å². The fourth-order valence-corrected chi connectivity index (χ4v) is 2.33. The fraction of sp³-hybridized carbons (Fsp3) is 0.455. The smallest absolute Gasteiger partial charge is 0.133 e. The van der Waals surface area contributed by atoms with Crippen LogP contribution in [0, 0.1) is 0 Å². The van der Waals surface area contributed by atoms with Gasteiger partial charge in [0.05, 0.1) is 10.6 Å². The van der Waals surface area contributed by atoms with Crippen LogP contribution < -0.4 is 0 Å². The lowest BCUT2D eigenvalue weighted by molar-refractivity contribution is 0.149. The molecule has 1 unspecified atom stereocenters. The highest BCUT2D eigenvalue weighted by atomic mass is 79.9. The van der Waals surface area contributed by atoms with Crippen molar-refractivity contribution in [2.24, 2.45) is 0 Å². The number of benzene rings is 1. The molecule has 1 aromatic rings. The van der Waals surface area contributed by atoms with Crippen molar-refractivity contribution in [1.82, 2.24) is 0 Å². The third kappa shape index (κ3) is 1.35. The van der Waals surface area contributed by atoms with E-state index >= 15 is 0 Å². The molecule has 1 atom stereocenters. The molecule has 0 amide bonds. The maximum absolute atomic E-state index is 9.86. The first-order valence-electron chi connectivity index (χ1n) is 4.74. The molecule has 1 saturated carbocycles. The summed E-state index contributed by atoms with van der Waals surface area (Å²) in [5.41, 5.74) is 0.662. The fourth-order valence-electron chi connectivity index (χ4n) is 1.96. The molecule has 2 rings (SSSR count). The zero-order valence-corrected chi connectivity index (χ0v) is 9.58. The maximum atomic E-state index is 9.86. The van der Waals surface area contributed by atoms with Crippen molar-refractivity contribution in [3.8, 4) is 5.75 Å². The molecule has 0 spiro atoms. The van der Waals surface area contributed by atoms with Crippen LogP contribution in [-0.4, -0.2) is 16.3 Å². The molecule has 1 aliphatic rings. The Kier molecular flexibility index (Phi) is 2.32. The molecule has 14 heavy (non-hydrogen) atoms. The second-order valence-electron chi connectivity index (χ2n) is 3.97. The molecule has 0 saturated heterocycles. The summed E-state index contributed by atoms with van der Waals surface area (Å²) in [6, 6.07) is 5.58. The lowest BCUT2D eigenvalue weighted by Crippen LogP contribution is -2.22. The molecule has 1 aromatic carbocycles. The number of halogens is 1. The molecule has 0 aromatic heterocycles. The summed E-state index contributed by atoms with van der Waals surface area (Å²) in [6.45, 7) is 1.79. The van der Waals surface area contributed by atoms with Crippen LogP contribution >= 0.6 is 15.9 Å². The minimum absolute atomic E-state index is 0.201. The van der Waals surface area contributed by atoms with Gasteiger partial charge in [0.15, 0.2) is 0 Å². The first kappa shape index (κ1) is 9.99. The second-order valence-corrected chi connectivity index (χ2v) is 4.82. The summed E-state index contributed by atoms with van der Waals surface area (Å²) < 4.78 is 0.696. The number of aliphatic hydroxyl groups excluding tert-OH is 1. The molecule has 2 nitrogen and oxygen atoms in total. The van der Waals surface area contributed by atoms with Gasteiger partial charge in [-0.25, -0.2) is 0 Å². The summed E-state index contributed by atoms with van der Waals surface area (Å²) in [4.78, 5) is 0. The molecule has 76 valence electrons. The summed E-state index contributed by atoms with van der Waals surface area (Å²) in [5.74, 6) is 0.269. The molecule has 0 aliphatic heterocycles. The summed E-state index contributed by atoms with van der Waals surface area (Å²) >= 11 is 3.28. The van der Waals surface area contributed by atoms with Crippen LogP contribution in [0.2, 0.25) is 0 Å². The number of aliphatic hydroxyl groups is 1. The van der Waals surface area contributed by atoms with Gasteiger partial charge in [0.1, 0.15) is 5.75 Å². The molecular weight excluding hydrogens is 244 g/mol. The van der Waals surface area contributed by atoms with Gasteiger partial charge in [0, 0.05) is 11.0 Å². The quantitative estimate of drug-likeness (QED) is 0.854.